The van der Waals surface area contributed by atoms with Crippen molar-refractivity contribution in [2.24, 2.45) is 0 Å². The molecule has 0 aliphatic carbocycles. The van der Waals surface area contributed by atoms with Gasteiger partial charge in [0.15, 0.2) is 0 Å². The lowest BCUT2D eigenvalue weighted by Crippen LogP contribution is -2.42. The number of piperidine rings is 1. The molecule has 0 spiro atoms. The third kappa shape index (κ3) is 2.97. The quantitative estimate of drug-likeness (QED) is 0.634. The van der Waals surface area contributed by atoms with Crippen LogP contribution in [0.2, 0.25) is 0 Å². The van der Waals surface area contributed by atoms with Gasteiger partial charge in [-0.05, 0) is 38.1 Å². The number of amides is 1. The van der Waals surface area contributed by atoms with E-state index in [1.807, 2.05) is 6.07 Å². The van der Waals surface area contributed by atoms with Crippen molar-refractivity contribution in [2.45, 2.75) is 19.3 Å². The summed E-state index contributed by atoms with van der Waals surface area (Å²) in [5.74, 6) is 0.672. The highest BCUT2D eigenvalue weighted by molar-refractivity contribution is 8.26. The number of thioether (sulfide) groups is 1. The van der Waals surface area contributed by atoms with Crippen molar-refractivity contribution in [1.29, 1.82) is 0 Å². The molecular weight excluding hydrogens is 292 g/mol. The van der Waals surface area contributed by atoms with Crippen molar-refractivity contribution in [2.75, 3.05) is 19.8 Å². The fourth-order valence-electron chi connectivity index (χ4n) is 2.43. The second-order valence-electron chi connectivity index (χ2n) is 4.95. The first-order chi connectivity index (χ1) is 9.74. The van der Waals surface area contributed by atoms with E-state index in [2.05, 4.69) is 4.90 Å². The fraction of sp³-hybridized carbons (Fsp3) is 0.429. The zero-order valence-electron chi connectivity index (χ0n) is 11.1. The van der Waals surface area contributed by atoms with E-state index >= 15 is 0 Å². The number of nitrogens with zero attached hydrogens (tertiary/aromatic N) is 2. The van der Waals surface area contributed by atoms with Gasteiger partial charge in [0.1, 0.15) is 10.1 Å². The van der Waals surface area contributed by atoms with Crippen LogP contribution in [0.3, 0.4) is 0 Å². The van der Waals surface area contributed by atoms with Crippen molar-refractivity contribution >= 4 is 40.3 Å². The van der Waals surface area contributed by atoms with Gasteiger partial charge >= 0.3 is 0 Å². The predicted molar refractivity (Wildman–Crippen MR) is 84.0 cm³/mol. The van der Waals surface area contributed by atoms with E-state index in [-0.39, 0.29) is 5.91 Å². The van der Waals surface area contributed by atoms with Crippen LogP contribution < -0.4 is 0 Å². The molecular formula is C14H16N2O2S2. The number of carbonyl (C=O) groups excluding carboxylic acids is 1. The SMILES string of the molecule is O=C1/C(=C\c2ccco2)SC(=S)N1CN1CCCCC1. The molecule has 0 atom stereocenters. The van der Waals surface area contributed by atoms with Crippen LogP contribution in [0.4, 0.5) is 0 Å². The lowest BCUT2D eigenvalue weighted by Gasteiger charge is -2.29. The third-order valence-corrected chi connectivity index (χ3v) is 4.86. The highest BCUT2D eigenvalue weighted by atomic mass is 32.2. The molecule has 2 saturated heterocycles. The molecule has 1 amide bonds. The van der Waals surface area contributed by atoms with Crippen LogP contribution in [0, 0.1) is 0 Å². The third-order valence-electron chi connectivity index (χ3n) is 3.48. The van der Waals surface area contributed by atoms with E-state index in [9.17, 15) is 4.79 Å². The van der Waals surface area contributed by atoms with Crippen LogP contribution in [0.1, 0.15) is 25.0 Å². The number of hydrogen-bond acceptors (Lipinski definition) is 5. The molecule has 3 heterocycles. The standard InChI is InChI=1S/C14H16N2O2S2/c17-13-12(9-11-5-4-8-18-11)20-14(19)16(13)10-15-6-2-1-3-7-15/h4-5,8-9H,1-3,6-7,10H2/b12-9+. The first kappa shape index (κ1) is 13.9. The summed E-state index contributed by atoms with van der Waals surface area (Å²) in [4.78, 5) is 17.0. The van der Waals surface area contributed by atoms with E-state index in [1.54, 1.807) is 23.3 Å². The summed E-state index contributed by atoms with van der Waals surface area (Å²) in [5, 5.41) is 0. The van der Waals surface area contributed by atoms with Gasteiger partial charge in [0.2, 0.25) is 0 Å². The maximum Gasteiger partial charge on any atom is 0.267 e. The first-order valence-corrected chi connectivity index (χ1v) is 7.98. The molecule has 0 unspecified atom stereocenters. The first-order valence-electron chi connectivity index (χ1n) is 6.75. The number of rotatable bonds is 3. The Bertz CT molecular complexity index is 533. The zero-order chi connectivity index (χ0) is 13.9. The Hall–Kier alpha value is -1.11. The molecule has 106 valence electrons. The zero-order valence-corrected chi connectivity index (χ0v) is 12.7. The Morgan fingerprint density at radius 3 is 2.85 bits per heavy atom. The largest absolute Gasteiger partial charge is 0.465 e. The average molecular weight is 308 g/mol. The Morgan fingerprint density at radius 2 is 2.15 bits per heavy atom. The molecule has 0 N–H and O–H groups in total. The summed E-state index contributed by atoms with van der Waals surface area (Å²) >= 11 is 6.68. The minimum Gasteiger partial charge on any atom is -0.465 e. The van der Waals surface area contributed by atoms with Gasteiger partial charge in [-0.25, -0.2) is 0 Å². The molecule has 1 aromatic rings. The average Bonchev–Trinajstić information content (AvgIpc) is 3.05. The molecule has 20 heavy (non-hydrogen) atoms. The predicted octanol–water partition coefficient (Wildman–Crippen LogP) is 2.92. The summed E-state index contributed by atoms with van der Waals surface area (Å²) in [6.45, 7) is 2.71. The van der Waals surface area contributed by atoms with Crippen LogP contribution in [-0.4, -0.2) is 39.8 Å². The highest BCUT2D eigenvalue weighted by Crippen LogP contribution is 2.32. The highest BCUT2D eigenvalue weighted by Gasteiger charge is 2.33. The van der Waals surface area contributed by atoms with Gasteiger partial charge in [-0.3, -0.25) is 14.6 Å². The number of thiocarbonyl (C=S) groups is 1. The Kier molecular flexibility index (Phi) is 4.24. The molecule has 2 aliphatic heterocycles. The molecule has 2 aliphatic rings. The molecule has 2 fully saturated rings. The molecule has 1 aromatic heterocycles. The van der Waals surface area contributed by atoms with Gasteiger partial charge in [-0.1, -0.05) is 30.4 Å². The summed E-state index contributed by atoms with van der Waals surface area (Å²) in [6.07, 6.45) is 7.05. The van der Waals surface area contributed by atoms with E-state index < -0.39 is 0 Å². The van der Waals surface area contributed by atoms with Gasteiger partial charge < -0.3 is 4.42 Å². The smallest absolute Gasteiger partial charge is 0.267 e. The van der Waals surface area contributed by atoms with E-state index in [0.717, 1.165) is 13.1 Å². The number of carbonyl (C=O) groups is 1. The minimum atomic E-state index is -0.0121. The van der Waals surface area contributed by atoms with Crippen molar-refractivity contribution in [1.82, 2.24) is 9.80 Å². The Morgan fingerprint density at radius 1 is 1.35 bits per heavy atom. The Balaban J connectivity index is 1.70. The monoisotopic (exact) mass is 308 g/mol. The molecule has 3 rings (SSSR count). The van der Waals surface area contributed by atoms with E-state index in [4.69, 9.17) is 16.6 Å². The van der Waals surface area contributed by atoms with Crippen LogP contribution in [0.25, 0.3) is 6.08 Å². The number of likely N-dealkylation sites (tertiary alicyclic amines) is 1. The minimum absolute atomic E-state index is 0.0121. The van der Waals surface area contributed by atoms with Gasteiger partial charge in [-0.2, -0.15) is 0 Å². The molecule has 0 saturated carbocycles. The molecule has 0 radical (unpaired) electrons. The van der Waals surface area contributed by atoms with Crippen molar-refractivity contribution < 1.29 is 9.21 Å². The molecule has 4 nitrogen and oxygen atoms in total. The van der Waals surface area contributed by atoms with Gasteiger partial charge in [0.05, 0.1) is 17.8 Å². The molecule has 0 aromatic carbocycles. The Labute approximate surface area is 127 Å². The summed E-state index contributed by atoms with van der Waals surface area (Å²) < 4.78 is 5.89. The van der Waals surface area contributed by atoms with Crippen molar-refractivity contribution in [3.8, 4) is 0 Å². The second-order valence-corrected chi connectivity index (χ2v) is 6.62. The van der Waals surface area contributed by atoms with Gasteiger partial charge in [0, 0.05) is 6.08 Å². The normalized spacial score (nSPS) is 23.0. The van der Waals surface area contributed by atoms with Crippen LogP contribution in [0.5, 0.6) is 0 Å². The topological polar surface area (TPSA) is 36.7 Å². The van der Waals surface area contributed by atoms with Gasteiger partial charge in [-0.15, -0.1) is 0 Å². The lowest BCUT2D eigenvalue weighted by atomic mass is 10.1. The van der Waals surface area contributed by atoms with Crippen LogP contribution in [0.15, 0.2) is 27.7 Å². The summed E-state index contributed by atoms with van der Waals surface area (Å²) in [5.41, 5.74) is 0. The molecule has 6 heteroatoms. The summed E-state index contributed by atoms with van der Waals surface area (Å²) in [6, 6.07) is 3.64. The van der Waals surface area contributed by atoms with Crippen LogP contribution in [-0.2, 0) is 4.79 Å². The van der Waals surface area contributed by atoms with Gasteiger partial charge in [0.25, 0.3) is 5.91 Å². The lowest BCUT2D eigenvalue weighted by molar-refractivity contribution is -0.123. The maximum atomic E-state index is 12.4. The van der Waals surface area contributed by atoms with Crippen molar-refractivity contribution in [3.05, 3.63) is 29.1 Å². The second kappa shape index (κ2) is 6.11. The van der Waals surface area contributed by atoms with E-state index in [0.29, 0.717) is 21.7 Å². The number of hydrogen-bond donors (Lipinski definition) is 0. The maximum absolute atomic E-state index is 12.4. The van der Waals surface area contributed by atoms with Crippen molar-refractivity contribution in [3.63, 3.8) is 0 Å². The van der Waals surface area contributed by atoms with E-state index in [1.165, 1.54) is 31.0 Å². The summed E-state index contributed by atoms with van der Waals surface area (Å²) in [7, 11) is 0. The molecule has 0 bridgehead atoms. The fourth-order valence-corrected chi connectivity index (χ4v) is 3.65. The number of furan rings is 1. The van der Waals surface area contributed by atoms with Crippen LogP contribution >= 0.6 is 24.0 Å².